The van der Waals surface area contributed by atoms with Crippen LogP contribution in [0.25, 0.3) is 0 Å². The normalized spacial score (nSPS) is 10.1. The highest BCUT2D eigenvalue weighted by Gasteiger charge is 1.98. The summed E-state index contributed by atoms with van der Waals surface area (Å²) in [7, 11) is 0. The lowest BCUT2D eigenvalue weighted by Crippen LogP contribution is -1.96. The molecular formula is C13H14N2. The standard InChI is InChI=1S/C13H14N2/c14-13-6-2-1-5-12(13)8-7-11-4-3-9-15-10-11/h1-6,9-10H,7-8,14H2. The van der Waals surface area contributed by atoms with Gasteiger partial charge in [0.05, 0.1) is 0 Å². The maximum Gasteiger partial charge on any atom is 0.0346 e. The van der Waals surface area contributed by atoms with Gasteiger partial charge < -0.3 is 5.73 Å². The van der Waals surface area contributed by atoms with Gasteiger partial charge in [-0.25, -0.2) is 0 Å². The average Bonchev–Trinajstić information content (AvgIpc) is 2.29. The van der Waals surface area contributed by atoms with Crippen molar-refractivity contribution in [2.24, 2.45) is 0 Å². The molecule has 1 aromatic heterocycles. The summed E-state index contributed by atoms with van der Waals surface area (Å²) < 4.78 is 0. The van der Waals surface area contributed by atoms with Crippen LogP contribution in [0.5, 0.6) is 0 Å². The Hall–Kier alpha value is -1.83. The number of nitrogens with zero attached hydrogens (tertiary/aromatic N) is 1. The molecule has 0 saturated carbocycles. The summed E-state index contributed by atoms with van der Waals surface area (Å²) in [6.07, 6.45) is 5.65. The van der Waals surface area contributed by atoms with Crippen molar-refractivity contribution in [3.8, 4) is 0 Å². The monoisotopic (exact) mass is 198 g/mol. The zero-order valence-corrected chi connectivity index (χ0v) is 8.56. The third kappa shape index (κ3) is 2.56. The molecule has 0 atom stereocenters. The van der Waals surface area contributed by atoms with Crippen LogP contribution in [0.3, 0.4) is 0 Å². The lowest BCUT2D eigenvalue weighted by atomic mass is 10.0. The highest BCUT2D eigenvalue weighted by Crippen LogP contribution is 2.13. The molecule has 2 N–H and O–H groups in total. The van der Waals surface area contributed by atoms with Crippen molar-refractivity contribution in [1.29, 1.82) is 0 Å². The van der Waals surface area contributed by atoms with Gasteiger partial charge in [0.2, 0.25) is 0 Å². The Morgan fingerprint density at radius 2 is 1.87 bits per heavy atom. The summed E-state index contributed by atoms with van der Waals surface area (Å²) in [5.41, 5.74) is 9.21. The van der Waals surface area contributed by atoms with E-state index in [1.165, 1.54) is 11.1 Å². The van der Waals surface area contributed by atoms with Gasteiger partial charge in [-0.3, -0.25) is 4.98 Å². The fourth-order valence-electron chi connectivity index (χ4n) is 1.59. The van der Waals surface area contributed by atoms with E-state index in [-0.39, 0.29) is 0 Å². The minimum atomic E-state index is 0.876. The third-order valence-corrected chi connectivity index (χ3v) is 2.46. The number of para-hydroxylation sites is 1. The Kier molecular flexibility index (Phi) is 2.98. The summed E-state index contributed by atoms with van der Waals surface area (Å²) in [6.45, 7) is 0. The van der Waals surface area contributed by atoms with Gasteiger partial charge >= 0.3 is 0 Å². The Morgan fingerprint density at radius 1 is 1.00 bits per heavy atom. The number of nitrogens with two attached hydrogens (primary N) is 1. The molecule has 0 unspecified atom stereocenters. The number of hydrogen-bond donors (Lipinski definition) is 1. The lowest BCUT2D eigenvalue weighted by Gasteiger charge is -2.04. The van der Waals surface area contributed by atoms with Crippen molar-refractivity contribution in [3.05, 3.63) is 59.9 Å². The van der Waals surface area contributed by atoms with Crippen molar-refractivity contribution >= 4 is 5.69 Å². The highest BCUT2D eigenvalue weighted by molar-refractivity contribution is 5.46. The number of anilines is 1. The van der Waals surface area contributed by atoms with Gasteiger partial charge in [-0.05, 0) is 36.1 Å². The molecular weight excluding hydrogens is 184 g/mol. The van der Waals surface area contributed by atoms with Crippen LogP contribution in [0.4, 0.5) is 5.69 Å². The fraction of sp³-hybridized carbons (Fsp3) is 0.154. The van der Waals surface area contributed by atoms with E-state index >= 15 is 0 Å². The van der Waals surface area contributed by atoms with Gasteiger partial charge in [-0.2, -0.15) is 0 Å². The minimum Gasteiger partial charge on any atom is -0.399 e. The SMILES string of the molecule is Nc1ccccc1CCc1cccnc1. The average molecular weight is 198 g/mol. The molecule has 0 aliphatic rings. The van der Waals surface area contributed by atoms with Gasteiger partial charge in [0.15, 0.2) is 0 Å². The number of hydrogen-bond acceptors (Lipinski definition) is 2. The van der Waals surface area contributed by atoms with E-state index in [1.54, 1.807) is 6.20 Å². The highest BCUT2D eigenvalue weighted by atomic mass is 14.6. The lowest BCUT2D eigenvalue weighted by molar-refractivity contribution is 0.952. The van der Waals surface area contributed by atoms with E-state index < -0.39 is 0 Å². The van der Waals surface area contributed by atoms with Crippen LogP contribution in [-0.4, -0.2) is 4.98 Å². The fourth-order valence-corrected chi connectivity index (χ4v) is 1.59. The van der Waals surface area contributed by atoms with Crippen LogP contribution in [0, 0.1) is 0 Å². The second kappa shape index (κ2) is 4.60. The molecule has 0 spiro atoms. The number of aryl methyl sites for hydroxylation is 2. The van der Waals surface area contributed by atoms with E-state index in [2.05, 4.69) is 17.1 Å². The van der Waals surface area contributed by atoms with Crippen LogP contribution in [0.2, 0.25) is 0 Å². The third-order valence-electron chi connectivity index (χ3n) is 2.46. The molecule has 0 saturated heterocycles. The van der Waals surface area contributed by atoms with Gasteiger partial charge in [0.1, 0.15) is 0 Å². The van der Waals surface area contributed by atoms with E-state index in [4.69, 9.17) is 5.73 Å². The zero-order valence-electron chi connectivity index (χ0n) is 8.56. The number of nitrogen functional groups attached to an aromatic ring is 1. The molecule has 2 heteroatoms. The van der Waals surface area contributed by atoms with E-state index in [9.17, 15) is 0 Å². The van der Waals surface area contributed by atoms with Crippen molar-refractivity contribution in [2.45, 2.75) is 12.8 Å². The van der Waals surface area contributed by atoms with Crippen molar-refractivity contribution < 1.29 is 0 Å². The van der Waals surface area contributed by atoms with E-state index in [0.717, 1.165) is 18.5 Å². The Balaban J connectivity index is 2.03. The molecule has 2 nitrogen and oxygen atoms in total. The first-order chi connectivity index (χ1) is 7.36. The summed E-state index contributed by atoms with van der Waals surface area (Å²) in [4.78, 5) is 4.09. The van der Waals surface area contributed by atoms with E-state index in [0.29, 0.717) is 0 Å². The largest absolute Gasteiger partial charge is 0.399 e. The van der Waals surface area contributed by atoms with Crippen LogP contribution >= 0.6 is 0 Å². The molecule has 0 bridgehead atoms. The topological polar surface area (TPSA) is 38.9 Å². The second-order valence-electron chi connectivity index (χ2n) is 3.56. The smallest absolute Gasteiger partial charge is 0.0346 e. The van der Waals surface area contributed by atoms with Crippen LogP contribution in [0.1, 0.15) is 11.1 Å². The first-order valence-electron chi connectivity index (χ1n) is 5.08. The van der Waals surface area contributed by atoms with Crippen LogP contribution in [0.15, 0.2) is 48.8 Å². The first-order valence-corrected chi connectivity index (χ1v) is 5.08. The summed E-state index contributed by atoms with van der Waals surface area (Å²) in [6, 6.07) is 12.1. The predicted molar refractivity (Wildman–Crippen MR) is 62.5 cm³/mol. The summed E-state index contributed by atoms with van der Waals surface area (Å²) in [5.74, 6) is 0. The van der Waals surface area contributed by atoms with Gasteiger partial charge in [-0.15, -0.1) is 0 Å². The Labute approximate surface area is 89.8 Å². The molecule has 2 aromatic rings. The zero-order chi connectivity index (χ0) is 10.5. The maximum atomic E-state index is 5.87. The molecule has 15 heavy (non-hydrogen) atoms. The molecule has 0 amide bonds. The molecule has 76 valence electrons. The Bertz CT molecular complexity index is 424. The number of benzene rings is 1. The Morgan fingerprint density at radius 3 is 2.60 bits per heavy atom. The van der Waals surface area contributed by atoms with Gasteiger partial charge in [0.25, 0.3) is 0 Å². The van der Waals surface area contributed by atoms with Crippen LogP contribution < -0.4 is 5.73 Å². The second-order valence-corrected chi connectivity index (χ2v) is 3.56. The molecule has 2 rings (SSSR count). The van der Waals surface area contributed by atoms with E-state index in [1.807, 2.05) is 30.5 Å². The molecule has 1 heterocycles. The van der Waals surface area contributed by atoms with Gasteiger partial charge in [0, 0.05) is 18.1 Å². The van der Waals surface area contributed by atoms with Crippen molar-refractivity contribution in [1.82, 2.24) is 4.98 Å². The van der Waals surface area contributed by atoms with Crippen molar-refractivity contribution in [2.75, 3.05) is 5.73 Å². The molecule has 0 radical (unpaired) electrons. The maximum absolute atomic E-state index is 5.87. The van der Waals surface area contributed by atoms with Crippen molar-refractivity contribution in [3.63, 3.8) is 0 Å². The number of rotatable bonds is 3. The molecule has 0 fully saturated rings. The molecule has 0 aliphatic heterocycles. The number of pyridine rings is 1. The molecule has 1 aromatic carbocycles. The minimum absolute atomic E-state index is 0.876. The summed E-state index contributed by atoms with van der Waals surface area (Å²) >= 11 is 0. The van der Waals surface area contributed by atoms with Crippen LogP contribution in [-0.2, 0) is 12.8 Å². The molecule has 0 aliphatic carbocycles. The quantitative estimate of drug-likeness (QED) is 0.769. The van der Waals surface area contributed by atoms with Gasteiger partial charge in [-0.1, -0.05) is 24.3 Å². The number of aromatic nitrogens is 1. The summed E-state index contributed by atoms with van der Waals surface area (Å²) in [5, 5.41) is 0. The first kappa shape index (κ1) is 9.71. The predicted octanol–water partition coefficient (Wildman–Crippen LogP) is 2.45.